The van der Waals surface area contributed by atoms with Gasteiger partial charge in [0.05, 0.1) is 5.69 Å². The number of hydrogen-bond donors (Lipinski definition) is 1. The number of rotatable bonds is 4. The van der Waals surface area contributed by atoms with Crippen LogP contribution >= 0.6 is 11.3 Å². The van der Waals surface area contributed by atoms with Gasteiger partial charge in [0, 0.05) is 11.9 Å². The van der Waals surface area contributed by atoms with E-state index in [1.165, 1.54) is 25.0 Å². The molecular weight excluding hydrogens is 204 g/mol. The summed E-state index contributed by atoms with van der Waals surface area (Å²) in [6.45, 7) is 5.62. The minimum atomic E-state index is 0.869. The molecule has 1 aromatic heterocycles. The topological polar surface area (TPSA) is 24.9 Å². The van der Waals surface area contributed by atoms with E-state index in [1.807, 2.05) is 0 Å². The fourth-order valence-electron chi connectivity index (χ4n) is 2.29. The van der Waals surface area contributed by atoms with E-state index < -0.39 is 0 Å². The Morgan fingerprint density at radius 2 is 2.40 bits per heavy atom. The number of thiazole rings is 1. The highest BCUT2D eigenvalue weighted by atomic mass is 32.1. The summed E-state index contributed by atoms with van der Waals surface area (Å²) in [6.07, 6.45) is 5.22. The number of aromatic nitrogens is 1. The molecule has 2 atom stereocenters. The van der Waals surface area contributed by atoms with Gasteiger partial charge in [-0.15, -0.1) is 11.3 Å². The third-order valence-electron chi connectivity index (χ3n) is 3.26. The Bertz CT molecular complexity index is 308. The Morgan fingerprint density at radius 1 is 1.53 bits per heavy atom. The minimum Gasteiger partial charge on any atom is -0.361 e. The van der Waals surface area contributed by atoms with Gasteiger partial charge in [-0.3, -0.25) is 0 Å². The molecule has 15 heavy (non-hydrogen) atoms. The summed E-state index contributed by atoms with van der Waals surface area (Å²) in [7, 11) is 0. The molecule has 2 unspecified atom stereocenters. The van der Waals surface area contributed by atoms with E-state index in [0.717, 1.165) is 29.9 Å². The zero-order valence-electron chi connectivity index (χ0n) is 9.62. The minimum absolute atomic E-state index is 0.869. The van der Waals surface area contributed by atoms with Gasteiger partial charge >= 0.3 is 0 Å². The molecule has 1 aliphatic rings. The highest BCUT2D eigenvalue weighted by molar-refractivity contribution is 7.13. The third-order valence-corrected chi connectivity index (χ3v) is 4.11. The van der Waals surface area contributed by atoms with E-state index in [2.05, 4.69) is 29.5 Å². The molecule has 0 amide bonds. The van der Waals surface area contributed by atoms with Gasteiger partial charge in [-0.05, 0) is 31.1 Å². The number of nitrogens with zero attached hydrogens (tertiary/aromatic N) is 1. The van der Waals surface area contributed by atoms with Crippen molar-refractivity contribution in [2.24, 2.45) is 11.8 Å². The van der Waals surface area contributed by atoms with Crippen LogP contribution in [0.15, 0.2) is 5.38 Å². The molecule has 0 spiro atoms. The average molecular weight is 224 g/mol. The first kappa shape index (κ1) is 10.9. The number of aryl methyl sites for hydroxylation is 1. The fourth-order valence-corrected chi connectivity index (χ4v) is 3.10. The van der Waals surface area contributed by atoms with Crippen molar-refractivity contribution in [3.63, 3.8) is 0 Å². The molecule has 1 aromatic rings. The number of nitrogens with one attached hydrogen (secondary N) is 1. The first-order chi connectivity index (χ1) is 7.28. The van der Waals surface area contributed by atoms with Gasteiger partial charge in [-0.1, -0.05) is 20.3 Å². The van der Waals surface area contributed by atoms with E-state index in [1.54, 1.807) is 11.3 Å². The Balaban J connectivity index is 1.77. The first-order valence-corrected chi connectivity index (χ1v) is 6.84. The van der Waals surface area contributed by atoms with Gasteiger partial charge in [-0.2, -0.15) is 0 Å². The van der Waals surface area contributed by atoms with Crippen molar-refractivity contribution in [1.82, 2.24) is 4.98 Å². The van der Waals surface area contributed by atoms with Crippen molar-refractivity contribution < 1.29 is 0 Å². The Kier molecular flexibility index (Phi) is 3.62. The molecule has 0 bridgehead atoms. The van der Waals surface area contributed by atoms with E-state index in [4.69, 9.17) is 0 Å². The van der Waals surface area contributed by atoms with Crippen LogP contribution in [0.2, 0.25) is 0 Å². The average Bonchev–Trinajstić information content (AvgIpc) is 2.83. The summed E-state index contributed by atoms with van der Waals surface area (Å²) in [6, 6.07) is 0. The summed E-state index contributed by atoms with van der Waals surface area (Å²) in [5.74, 6) is 1.80. The predicted octanol–water partition coefficient (Wildman–Crippen LogP) is 3.55. The zero-order chi connectivity index (χ0) is 10.7. The Hall–Kier alpha value is -0.570. The largest absolute Gasteiger partial charge is 0.361 e. The van der Waals surface area contributed by atoms with Gasteiger partial charge in [0.1, 0.15) is 0 Å². The van der Waals surface area contributed by atoms with Gasteiger partial charge in [0.15, 0.2) is 5.13 Å². The van der Waals surface area contributed by atoms with Gasteiger partial charge in [-0.25, -0.2) is 4.98 Å². The van der Waals surface area contributed by atoms with E-state index in [9.17, 15) is 0 Å². The van der Waals surface area contributed by atoms with Gasteiger partial charge in [0.2, 0.25) is 0 Å². The molecule has 0 aromatic carbocycles. The van der Waals surface area contributed by atoms with E-state index in [-0.39, 0.29) is 0 Å². The van der Waals surface area contributed by atoms with E-state index in [0.29, 0.717) is 0 Å². The highest BCUT2D eigenvalue weighted by Gasteiger charge is 2.20. The maximum Gasteiger partial charge on any atom is 0.182 e. The van der Waals surface area contributed by atoms with Crippen LogP contribution in [-0.4, -0.2) is 11.5 Å². The van der Waals surface area contributed by atoms with Crippen molar-refractivity contribution in [3.8, 4) is 0 Å². The summed E-state index contributed by atoms with van der Waals surface area (Å²) in [5.41, 5.74) is 1.21. The molecule has 0 aliphatic heterocycles. The lowest BCUT2D eigenvalue weighted by Gasteiger charge is -2.09. The van der Waals surface area contributed by atoms with Crippen LogP contribution < -0.4 is 5.32 Å². The first-order valence-electron chi connectivity index (χ1n) is 5.96. The molecule has 0 saturated heterocycles. The van der Waals surface area contributed by atoms with Gasteiger partial charge < -0.3 is 5.32 Å². The third kappa shape index (κ3) is 2.94. The number of anilines is 1. The fraction of sp³-hybridized carbons (Fsp3) is 0.750. The normalized spacial score (nSPS) is 25.7. The lowest BCUT2D eigenvalue weighted by Crippen LogP contribution is -2.11. The lowest BCUT2D eigenvalue weighted by molar-refractivity contribution is 0.537. The maximum absolute atomic E-state index is 4.52. The highest BCUT2D eigenvalue weighted by Crippen LogP contribution is 2.30. The second-order valence-electron chi connectivity index (χ2n) is 4.66. The number of hydrogen-bond acceptors (Lipinski definition) is 3. The molecule has 0 radical (unpaired) electrons. The quantitative estimate of drug-likeness (QED) is 0.846. The second kappa shape index (κ2) is 4.97. The molecule has 2 nitrogen and oxygen atoms in total. The van der Waals surface area contributed by atoms with Crippen molar-refractivity contribution in [1.29, 1.82) is 0 Å². The van der Waals surface area contributed by atoms with Gasteiger partial charge in [0.25, 0.3) is 0 Å². The molecule has 1 N–H and O–H groups in total. The van der Waals surface area contributed by atoms with Crippen molar-refractivity contribution in [3.05, 3.63) is 11.1 Å². The monoisotopic (exact) mass is 224 g/mol. The van der Waals surface area contributed by atoms with Crippen LogP contribution in [0.1, 0.15) is 38.8 Å². The van der Waals surface area contributed by atoms with Crippen LogP contribution in [-0.2, 0) is 6.42 Å². The molecule has 1 fully saturated rings. The summed E-state index contributed by atoms with van der Waals surface area (Å²) in [4.78, 5) is 4.52. The van der Waals surface area contributed by atoms with Crippen LogP contribution in [0.5, 0.6) is 0 Å². The van der Waals surface area contributed by atoms with E-state index >= 15 is 0 Å². The van der Waals surface area contributed by atoms with Crippen LogP contribution in [0, 0.1) is 11.8 Å². The molecule has 1 heterocycles. The molecule has 1 aliphatic carbocycles. The van der Waals surface area contributed by atoms with Crippen LogP contribution in [0.4, 0.5) is 5.13 Å². The van der Waals surface area contributed by atoms with Crippen molar-refractivity contribution >= 4 is 16.5 Å². The predicted molar refractivity (Wildman–Crippen MR) is 66.5 cm³/mol. The van der Waals surface area contributed by atoms with Crippen molar-refractivity contribution in [2.75, 3.05) is 11.9 Å². The van der Waals surface area contributed by atoms with Crippen LogP contribution in [0.3, 0.4) is 0 Å². The molecule has 2 rings (SSSR count). The standard InChI is InChI=1S/C12H20N2S/c1-3-11-8-15-12(14-11)13-7-10-5-4-9(2)6-10/h8-10H,3-7H2,1-2H3,(H,13,14). The molecule has 1 saturated carbocycles. The zero-order valence-corrected chi connectivity index (χ0v) is 10.4. The maximum atomic E-state index is 4.52. The molecule has 84 valence electrons. The van der Waals surface area contributed by atoms with Crippen molar-refractivity contribution in [2.45, 2.75) is 39.5 Å². The molecular formula is C12H20N2S. The summed E-state index contributed by atoms with van der Waals surface area (Å²) < 4.78 is 0. The summed E-state index contributed by atoms with van der Waals surface area (Å²) in [5, 5.41) is 6.72. The SMILES string of the molecule is CCc1csc(NCC2CCC(C)C2)n1. The lowest BCUT2D eigenvalue weighted by atomic mass is 10.1. The smallest absolute Gasteiger partial charge is 0.182 e. The second-order valence-corrected chi connectivity index (χ2v) is 5.52. The molecule has 3 heteroatoms. The Labute approximate surface area is 96.1 Å². The van der Waals surface area contributed by atoms with Crippen LogP contribution in [0.25, 0.3) is 0 Å². The summed E-state index contributed by atoms with van der Waals surface area (Å²) >= 11 is 1.74. The Morgan fingerprint density at radius 3 is 3.00 bits per heavy atom.